The van der Waals surface area contributed by atoms with Gasteiger partial charge >= 0.3 is 0 Å². The van der Waals surface area contributed by atoms with Crippen molar-refractivity contribution < 1.29 is 17.9 Å². The SMILES string of the molecule is CCOCCN(CCOCC)S(=O)(=O)c1[nH]ncc1CN. The van der Waals surface area contributed by atoms with Gasteiger partial charge in [0.1, 0.15) is 0 Å². The van der Waals surface area contributed by atoms with Crippen LogP contribution in [0.2, 0.25) is 0 Å². The van der Waals surface area contributed by atoms with Gasteiger partial charge in [-0.3, -0.25) is 5.10 Å². The molecule has 1 rings (SSSR count). The summed E-state index contributed by atoms with van der Waals surface area (Å²) in [7, 11) is -3.69. The minimum atomic E-state index is -3.69. The van der Waals surface area contributed by atoms with E-state index in [1.54, 1.807) is 0 Å². The van der Waals surface area contributed by atoms with E-state index in [4.69, 9.17) is 15.2 Å². The third-order valence-electron chi connectivity index (χ3n) is 2.87. The van der Waals surface area contributed by atoms with E-state index in [2.05, 4.69) is 10.2 Å². The summed E-state index contributed by atoms with van der Waals surface area (Å²) < 4.78 is 37.1. The fraction of sp³-hybridized carbons (Fsp3) is 0.750. The average molecular weight is 320 g/mol. The third-order valence-corrected chi connectivity index (χ3v) is 4.79. The summed E-state index contributed by atoms with van der Waals surface area (Å²) in [5.41, 5.74) is 6.01. The number of nitrogens with zero attached hydrogens (tertiary/aromatic N) is 2. The number of nitrogens with one attached hydrogen (secondary N) is 1. The fourth-order valence-electron chi connectivity index (χ4n) is 1.77. The summed E-state index contributed by atoms with van der Waals surface area (Å²) in [5, 5.41) is 6.32. The van der Waals surface area contributed by atoms with Gasteiger partial charge in [-0.25, -0.2) is 8.42 Å². The van der Waals surface area contributed by atoms with Gasteiger partial charge in [0.2, 0.25) is 0 Å². The zero-order valence-electron chi connectivity index (χ0n) is 12.5. The van der Waals surface area contributed by atoms with Crippen LogP contribution < -0.4 is 5.73 Å². The number of hydrogen-bond acceptors (Lipinski definition) is 6. The lowest BCUT2D eigenvalue weighted by molar-refractivity contribution is 0.110. The van der Waals surface area contributed by atoms with Gasteiger partial charge in [0.05, 0.1) is 19.4 Å². The molecule has 0 bridgehead atoms. The first kappa shape index (κ1) is 18.1. The van der Waals surface area contributed by atoms with Gasteiger partial charge in [0.25, 0.3) is 10.0 Å². The molecule has 0 saturated heterocycles. The van der Waals surface area contributed by atoms with Gasteiger partial charge in [-0.15, -0.1) is 0 Å². The highest BCUT2D eigenvalue weighted by atomic mass is 32.2. The Hall–Kier alpha value is -1.00. The van der Waals surface area contributed by atoms with Crippen molar-refractivity contribution >= 4 is 10.0 Å². The molecule has 0 aliphatic carbocycles. The molecule has 0 spiro atoms. The Balaban J connectivity index is 2.87. The van der Waals surface area contributed by atoms with Crippen molar-refractivity contribution in [3.63, 3.8) is 0 Å². The second-order valence-electron chi connectivity index (χ2n) is 4.23. The van der Waals surface area contributed by atoms with Crippen LogP contribution in [0, 0.1) is 0 Å². The standard InChI is InChI=1S/C12H24N4O4S/c1-3-19-7-5-16(6-8-20-4-2)21(17,18)12-11(9-13)10-14-15-12/h10H,3-9,13H2,1-2H3,(H,14,15). The number of nitrogens with two attached hydrogens (primary N) is 1. The van der Waals surface area contributed by atoms with E-state index in [1.807, 2.05) is 13.8 Å². The molecule has 0 radical (unpaired) electrons. The van der Waals surface area contributed by atoms with Crippen LogP contribution >= 0.6 is 0 Å². The first-order valence-electron chi connectivity index (χ1n) is 6.95. The summed E-state index contributed by atoms with van der Waals surface area (Å²) in [6.45, 7) is 6.08. The van der Waals surface area contributed by atoms with Gasteiger partial charge in [-0.2, -0.15) is 9.40 Å². The summed E-state index contributed by atoms with van der Waals surface area (Å²) in [6, 6.07) is 0. The Morgan fingerprint density at radius 1 is 1.24 bits per heavy atom. The molecule has 1 aromatic heterocycles. The van der Waals surface area contributed by atoms with E-state index < -0.39 is 10.0 Å². The quantitative estimate of drug-likeness (QED) is 0.552. The normalized spacial score (nSPS) is 12.2. The Morgan fingerprint density at radius 2 is 1.81 bits per heavy atom. The zero-order chi connectivity index (χ0) is 15.7. The maximum absolute atomic E-state index is 12.6. The molecule has 1 heterocycles. The average Bonchev–Trinajstić information content (AvgIpc) is 2.95. The van der Waals surface area contributed by atoms with Crippen molar-refractivity contribution in [3.8, 4) is 0 Å². The third kappa shape index (κ3) is 5.04. The van der Waals surface area contributed by atoms with E-state index in [9.17, 15) is 8.42 Å². The van der Waals surface area contributed by atoms with Crippen LogP contribution in [-0.4, -0.2) is 62.4 Å². The monoisotopic (exact) mass is 320 g/mol. The predicted molar refractivity (Wildman–Crippen MR) is 78.2 cm³/mol. The number of aromatic nitrogens is 2. The van der Waals surface area contributed by atoms with Crippen molar-refractivity contribution in [1.82, 2.24) is 14.5 Å². The number of hydrogen-bond donors (Lipinski definition) is 2. The van der Waals surface area contributed by atoms with Crippen LogP contribution in [-0.2, 0) is 26.0 Å². The predicted octanol–water partition coefficient (Wildman–Crippen LogP) is -0.0679. The van der Waals surface area contributed by atoms with Crippen LogP contribution in [0.5, 0.6) is 0 Å². The highest BCUT2D eigenvalue weighted by molar-refractivity contribution is 7.89. The largest absolute Gasteiger partial charge is 0.380 e. The molecule has 9 heteroatoms. The number of H-pyrrole nitrogens is 1. The topological polar surface area (TPSA) is 111 Å². The second kappa shape index (κ2) is 9.11. The first-order valence-corrected chi connectivity index (χ1v) is 8.39. The van der Waals surface area contributed by atoms with Gasteiger partial charge < -0.3 is 15.2 Å². The lowest BCUT2D eigenvalue weighted by Crippen LogP contribution is -2.37. The van der Waals surface area contributed by atoms with E-state index >= 15 is 0 Å². The van der Waals surface area contributed by atoms with Gasteiger partial charge in [-0.1, -0.05) is 0 Å². The Kier molecular flexibility index (Phi) is 7.83. The second-order valence-corrected chi connectivity index (χ2v) is 6.10. The van der Waals surface area contributed by atoms with Crippen molar-refractivity contribution in [1.29, 1.82) is 0 Å². The molecule has 0 aromatic carbocycles. The maximum atomic E-state index is 12.6. The van der Waals surface area contributed by atoms with Crippen molar-refractivity contribution in [2.45, 2.75) is 25.4 Å². The van der Waals surface area contributed by atoms with Gasteiger partial charge in [0, 0.05) is 38.4 Å². The fourth-order valence-corrected chi connectivity index (χ4v) is 3.29. The van der Waals surface area contributed by atoms with Gasteiger partial charge in [0.15, 0.2) is 5.03 Å². The molecule has 0 atom stereocenters. The van der Waals surface area contributed by atoms with Crippen molar-refractivity contribution in [2.75, 3.05) is 39.5 Å². The zero-order valence-corrected chi connectivity index (χ0v) is 13.4. The molecule has 8 nitrogen and oxygen atoms in total. The summed E-state index contributed by atoms with van der Waals surface area (Å²) >= 11 is 0. The van der Waals surface area contributed by atoms with Crippen LogP contribution in [0.3, 0.4) is 0 Å². The first-order chi connectivity index (χ1) is 10.1. The minimum absolute atomic E-state index is 0.0398. The van der Waals surface area contributed by atoms with E-state index in [-0.39, 0.29) is 24.7 Å². The Morgan fingerprint density at radius 3 is 2.29 bits per heavy atom. The number of aromatic amines is 1. The molecule has 0 amide bonds. The highest BCUT2D eigenvalue weighted by Gasteiger charge is 2.28. The molecule has 1 aromatic rings. The molecule has 0 aliphatic rings. The van der Waals surface area contributed by atoms with Crippen LogP contribution in [0.1, 0.15) is 19.4 Å². The summed E-state index contributed by atoms with van der Waals surface area (Å²) in [4.78, 5) is 0. The highest BCUT2D eigenvalue weighted by Crippen LogP contribution is 2.17. The van der Waals surface area contributed by atoms with Gasteiger partial charge in [-0.05, 0) is 13.8 Å². The van der Waals surface area contributed by atoms with E-state index in [0.717, 1.165) is 0 Å². The molecule has 0 saturated carbocycles. The molecule has 0 unspecified atom stereocenters. The van der Waals surface area contributed by atoms with E-state index in [0.29, 0.717) is 32.0 Å². The minimum Gasteiger partial charge on any atom is -0.380 e. The molecular formula is C12H24N4O4S. The molecule has 122 valence electrons. The van der Waals surface area contributed by atoms with Crippen LogP contribution in [0.25, 0.3) is 0 Å². The molecule has 0 fully saturated rings. The molecule has 0 aliphatic heterocycles. The summed E-state index contributed by atoms with van der Waals surface area (Å²) in [5.74, 6) is 0. The number of ether oxygens (including phenoxy) is 2. The molecule has 3 N–H and O–H groups in total. The summed E-state index contributed by atoms with van der Waals surface area (Å²) in [6.07, 6.45) is 1.43. The molecular weight excluding hydrogens is 296 g/mol. The number of sulfonamides is 1. The lowest BCUT2D eigenvalue weighted by Gasteiger charge is -2.21. The maximum Gasteiger partial charge on any atom is 0.260 e. The van der Waals surface area contributed by atoms with Crippen LogP contribution in [0.4, 0.5) is 0 Å². The Labute approximate surface area is 125 Å². The number of rotatable bonds is 11. The lowest BCUT2D eigenvalue weighted by atomic mass is 10.4. The van der Waals surface area contributed by atoms with E-state index in [1.165, 1.54) is 10.5 Å². The van der Waals surface area contributed by atoms with Crippen LogP contribution in [0.15, 0.2) is 11.2 Å². The Bertz CT molecular complexity index is 493. The van der Waals surface area contributed by atoms with Crippen molar-refractivity contribution in [3.05, 3.63) is 11.8 Å². The molecule has 21 heavy (non-hydrogen) atoms. The smallest absolute Gasteiger partial charge is 0.260 e. The van der Waals surface area contributed by atoms with Crippen molar-refractivity contribution in [2.24, 2.45) is 5.73 Å².